The Balaban J connectivity index is 2.01. The van der Waals surface area contributed by atoms with Gasteiger partial charge in [-0.05, 0) is 42.7 Å². The van der Waals surface area contributed by atoms with E-state index in [-0.39, 0.29) is 16.5 Å². The van der Waals surface area contributed by atoms with Gasteiger partial charge in [-0.25, -0.2) is 17.5 Å². The number of nitrogens with zero attached hydrogens (tertiary/aromatic N) is 1. The van der Waals surface area contributed by atoms with E-state index in [2.05, 4.69) is 10.6 Å². The van der Waals surface area contributed by atoms with Crippen LogP contribution in [-0.4, -0.2) is 57.3 Å². The zero-order valence-corrected chi connectivity index (χ0v) is 20.1. The quantitative estimate of drug-likeness (QED) is 0.536. The number of hydrogen-bond donors (Lipinski definition) is 2. The molecule has 0 heterocycles. The molecule has 33 heavy (non-hydrogen) atoms. The van der Waals surface area contributed by atoms with Crippen LogP contribution in [0.15, 0.2) is 53.4 Å². The minimum Gasteiger partial charge on any atom is -0.454 e. The second-order valence-electron chi connectivity index (χ2n) is 7.98. The van der Waals surface area contributed by atoms with Gasteiger partial charge in [0.25, 0.3) is 11.8 Å². The van der Waals surface area contributed by atoms with Gasteiger partial charge in [-0.1, -0.05) is 38.1 Å². The third kappa shape index (κ3) is 6.87. The molecule has 2 N–H and O–H groups in total. The highest BCUT2D eigenvalue weighted by atomic mass is 32.2. The van der Waals surface area contributed by atoms with Gasteiger partial charge in [0.1, 0.15) is 6.04 Å². The summed E-state index contributed by atoms with van der Waals surface area (Å²) in [7, 11) is -0.855. The predicted molar refractivity (Wildman–Crippen MR) is 124 cm³/mol. The van der Waals surface area contributed by atoms with Crippen molar-refractivity contribution in [3.05, 3.63) is 59.7 Å². The summed E-state index contributed by atoms with van der Waals surface area (Å²) in [6.07, 6.45) is 0. The lowest BCUT2D eigenvalue weighted by atomic mass is 10.0. The predicted octanol–water partition coefficient (Wildman–Crippen LogP) is 2.18. The van der Waals surface area contributed by atoms with Crippen LogP contribution in [0.25, 0.3) is 0 Å². The molecule has 0 bridgehead atoms. The highest BCUT2D eigenvalue weighted by molar-refractivity contribution is 7.89. The van der Waals surface area contributed by atoms with Crippen LogP contribution in [-0.2, 0) is 24.3 Å². The van der Waals surface area contributed by atoms with Crippen molar-refractivity contribution in [2.24, 2.45) is 5.92 Å². The first-order chi connectivity index (χ1) is 15.4. The largest absolute Gasteiger partial charge is 0.454 e. The fraction of sp³-hybridized carbons (Fsp3) is 0.348. The van der Waals surface area contributed by atoms with Crippen LogP contribution in [0.5, 0.6) is 0 Å². The summed E-state index contributed by atoms with van der Waals surface area (Å²) in [5.41, 5.74) is 1.18. The van der Waals surface area contributed by atoms with Crippen LogP contribution in [0, 0.1) is 12.8 Å². The molecule has 0 saturated carbocycles. The molecule has 0 unspecified atom stereocenters. The SMILES string of the molecule is Cc1ccc(NC(=O)COC(=O)[C@@H](NC(=O)c2ccccc2)C(C)C)cc1S(=O)(=O)N(C)C. The maximum Gasteiger partial charge on any atom is 0.329 e. The van der Waals surface area contributed by atoms with E-state index in [0.717, 1.165) is 4.31 Å². The van der Waals surface area contributed by atoms with Gasteiger partial charge in [-0.3, -0.25) is 9.59 Å². The van der Waals surface area contributed by atoms with Gasteiger partial charge in [0.2, 0.25) is 10.0 Å². The lowest BCUT2D eigenvalue weighted by Crippen LogP contribution is -2.45. The summed E-state index contributed by atoms with van der Waals surface area (Å²) in [4.78, 5) is 37.3. The number of sulfonamides is 1. The first-order valence-electron chi connectivity index (χ1n) is 10.3. The zero-order valence-electron chi connectivity index (χ0n) is 19.3. The fourth-order valence-corrected chi connectivity index (χ4v) is 4.03. The molecule has 0 saturated heterocycles. The smallest absolute Gasteiger partial charge is 0.329 e. The lowest BCUT2D eigenvalue weighted by Gasteiger charge is -2.21. The third-order valence-corrected chi connectivity index (χ3v) is 6.78. The van der Waals surface area contributed by atoms with Crippen molar-refractivity contribution in [2.75, 3.05) is 26.0 Å². The molecule has 2 aromatic rings. The van der Waals surface area contributed by atoms with Crippen molar-refractivity contribution in [3.63, 3.8) is 0 Å². The van der Waals surface area contributed by atoms with Crippen LogP contribution in [0.3, 0.4) is 0 Å². The van der Waals surface area contributed by atoms with Crippen LogP contribution in [0.1, 0.15) is 29.8 Å². The van der Waals surface area contributed by atoms with E-state index in [1.165, 1.54) is 20.2 Å². The van der Waals surface area contributed by atoms with Crippen molar-refractivity contribution in [1.29, 1.82) is 0 Å². The number of benzene rings is 2. The Labute approximate surface area is 194 Å². The lowest BCUT2D eigenvalue weighted by molar-refractivity contribution is -0.150. The number of carbonyl (C=O) groups excluding carboxylic acids is 3. The van der Waals surface area contributed by atoms with Gasteiger partial charge in [-0.15, -0.1) is 0 Å². The highest BCUT2D eigenvalue weighted by Gasteiger charge is 2.27. The van der Waals surface area contributed by atoms with E-state index in [1.54, 1.807) is 63.2 Å². The molecule has 2 aromatic carbocycles. The van der Waals surface area contributed by atoms with Crippen LogP contribution >= 0.6 is 0 Å². The van der Waals surface area contributed by atoms with E-state index >= 15 is 0 Å². The number of ether oxygens (including phenoxy) is 1. The molecule has 0 aliphatic heterocycles. The molecule has 0 fully saturated rings. The number of carbonyl (C=O) groups is 3. The van der Waals surface area contributed by atoms with Crippen molar-refractivity contribution < 1.29 is 27.5 Å². The van der Waals surface area contributed by atoms with Crippen LogP contribution < -0.4 is 10.6 Å². The maximum absolute atomic E-state index is 12.5. The summed E-state index contributed by atoms with van der Waals surface area (Å²) < 4.78 is 31.1. The van der Waals surface area contributed by atoms with Gasteiger partial charge >= 0.3 is 5.97 Å². The molecule has 0 spiro atoms. The second-order valence-corrected chi connectivity index (χ2v) is 10.1. The Morgan fingerprint density at radius 3 is 2.24 bits per heavy atom. The first-order valence-corrected chi connectivity index (χ1v) is 11.7. The summed E-state index contributed by atoms with van der Waals surface area (Å²) in [6, 6.07) is 12.0. The number of aryl methyl sites for hydroxylation is 1. The molecule has 0 aromatic heterocycles. The number of amides is 2. The molecule has 9 nitrogen and oxygen atoms in total. The van der Waals surface area contributed by atoms with Crippen LogP contribution in [0.4, 0.5) is 5.69 Å². The number of nitrogens with one attached hydrogen (secondary N) is 2. The second kappa shape index (κ2) is 11.1. The fourth-order valence-electron chi connectivity index (χ4n) is 2.89. The molecular formula is C23H29N3O6S. The van der Waals surface area contributed by atoms with E-state index in [1.807, 2.05) is 0 Å². The summed E-state index contributed by atoms with van der Waals surface area (Å²) in [5, 5.41) is 5.15. The van der Waals surface area contributed by atoms with E-state index in [0.29, 0.717) is 11.1 Å². The molecule has 10 heteroatoms. The molecule has 2 rings (SSSR count). The maximum atomic E-state index is 12.5. The van der Waals surface area contributed by atoms with Gasteiger partial charge in [0.05, 0.1) is 4.90 Å². The van der Waals surface area contributed by atoms with Gasteiger partial charge in [0, 0.05) is 25.3 Å². The number of esters is 1. The van der Waals surface area contributed by atoms with Crippen molar-refractivity contribution in [2.45, 2.75) is 31.7 Å². The first kappa shape index (κ1) is 26.0. The number of hydrogen-bond acceptors (Lipinski definition) is 6. The molecule has 1 atom stereocenters. The standard InChI is InChI=1S/C23H29N3O6S/c1-15(2)21(25-22(28)17-9-7-6-8-10-17)23(29)32-14-20(27)24-18-12-11-16(3)19(13-18)33(30,31)26(4)5/h6-13,15,21H,14H2,1-5H3,(H,24,27)(H,25,28)/t21-/m0/s1. The van der Waals surface area contributed by atoms with E-state index < -0.39 is 40.5 Å². The highest BCUT2D eigenvalue weighted by Crippen LogP contribution is 2.22. The summed E-state index contributed by atoms with van der Waals surface area (Å²) in [5.74, 6) is -2.09. The normalized spacial score (nSPS) is 12.3. The number of rotatable bonds is 9. The molecular weight excluding hydrogens is 446 g/mol. The summed E-state index contributed by atoms with van der Waals surface area (Å²) in [6.45, 7) is 4.55. The monoisotopic (exact) mass is 475 g/mol. The minimum absolute atomic E-state index is 0.0609. The van der Waals surface area contributed by atoms with Gasteiger partial charge < -0.3 is 15.4 Å². The van der Waals surface area contributed by atoms with Crippen molar-refractivity contribution in [3.8, 4) is 0 Å². The molecule has 0 aliphatic rings. The molecule has 0 aliphatic carbocycles. The number of anilines is 1. The zero-order chi connectivity index (χ0) is 24.8. The Hall–Kier alpha value is -3.24. The molecule has 2 amide bonds. The van der Waals surface area contributed by atoms with Crippen molar-refractivity contribution in [1.82, 2.24) is 9.62 Å². The Bertz CT molecular complexity index is 1110. The Morgan fingerprint density at radius 2 is 1.67 bits per heavy atom. The minimum atomic E-state index is -3.69. The van der Waals surface area contributed by atoms with Crippen LogP contribution in [0.2, 0.25) is 0 Å². The molecule has 178 valence electrons. The average molecular weight is 476 g/mol. The Kier molecular flexibility index (Phi) is 8.72. The topological polar surface area (TPSA) is 122 Å². The van der Waals surface area contributed by atoms with E-state index in [9.17, 15) is 22.8 Å². The third-order valence-electron chi connectivity index (χ3n) is 4.82. The summed E-state index contributed by atoms with van der Waals surface area (Å²) >= 11 is 0. The van der Waals surface area contributed by atoms with Gasteiger partial charge in [0.15, 0.2) is 6.61 Å². The van der Waals surface area contributed by atoms with Crippen molar-refractivity contribution >= 4 is 33.5 Å². The van der Waals surface area contributed by atoms with Gasteiger partial charge in [-0.2, -0.15) is 0 Å². The molecule has 0 radical (unpaired) electrons. The van der Waals surface area contributed by atoms with E-state index in [4.69, 9.17) is 4.74 Å². The Morgan fingerprint density at radius 1 is 1.03 bits per heavy atom. The average Bonchev–Trinajstić information content (AvgIpc) is 2.77.